The van der Waals surface area contributed by atoms with Crippen LogP contribution in [0.15, 0.2) is 174 Å². The van der Waals surface area contributed by atoms with Gasteiger partial charge in [-0.2, -0.15) is 5.26 Å². The maximum atomic E-state index is 12.4. The van der Waals surface area contributed by atoms with Crippen molar-refractivity contribution in [2.45, 2.75) is 27.7 Å². The average Bonchev–Trinajstić information content (AvgIpc) is 3.37. The summed E-state index contributed by atoms with van der Waals surface area (Å²) < 4.78 is 5.17. The number of nitrogens with one attached hydrogen (secondary N) is 2. The molecule has 1 aliphatic heterocycles. The molecule has 0 aliphatic carbocycles. The number of benzene rings is 3. The third-order valence-corrected chi connectivity index (χ3v) is 9.40. The Kier molecular flexibility index (Phi) is 21.1. The largest absolute Gasteiger partial charge is 0.510 e. The van der Waals surface area contributed by atoms with Crippen LogP contribution in [0.4, 0.5) is 28.7 Å². The van der Waals surface area contributed by atoms with E-state index in [1.165, 1.54) is 86.5 Å². The van der Waals surface area contributed by atoms with Crippen molar-refractivity contribution in [3.8, 4) is 6.07 Å². The molecule has 3 aromatic carbocycles. The fraction of sp³-hybridized carbons (Fsp3) is 0.163. The van der Waals surface area contributed by atoms with Gasteiger partial charge in [0, 0.05) is 25.0 Å². The number of azo groups is 3. The van der Waals surface area contributed by atoms with Gasteiger partial charge < -0.3 is 50.9 Å². The fourth-order valence-electron chi connectivity index (χ4n) is 5.78. The molecular formula is C49H46N12O13. The summed E-state index contributed by atoms with van der Waals surface area (Å²) in [6.45, 7) is 7.25. The number of carboxylic acid groups (broad SMARTS) is 3. The quantitative estimate of drug-likeness (QED) is 0.0292. The molecule has 6 rings (SSSR count). The van der Waals surface area contributed by atoms with E-state index in [4.69, 9.17) is 25.3 Å². The third kappa shape index (κ3) is 17.0. The second-order valence-electron chi connectivity index (χ2n) is 14.9. The van der Waals surface area contributed by atoms with Crippen molar-refractivity contribution < 1.29 is 64.1 Å². The molecule has 0 spiro atoms. The lowest BCUT2D eigenvalue weighted by atomic mass is 10.2. The molecule has 5 aromatic rings. The van der Waals surface area contributed by atoms with Gasteiger partial charge in [-0.15, -0.1) is 30.7 Å². The summed E-state index contributed by atoms with van der Waals surface area (Å²) in [6.07, 6.45) is 1.27. The minimum Gasteiger partial charge on any atom is -0.510 e. The summed E-state index contributed by atoms with van der Waals surface area (Å²) >= 11 is 0. The number of allylic oxidation sites excluding steroid dienone is 3. The van der Waals surface area contributed by atoms with Crippen LogP contribution in [-0.4, -0.2) is 107 Å². The minimum atomic E-state index is -1.20. The molecule has 25 nitrogen and oxygen atoms in total. The molecule has 3 amide bonds. The van der Waals surface area contributed by atoms with Crippen LogP contribution in [0.1, 0.15) is 63.1 Å². The first-order chi connectivity index (χ1) is 35.3. The standard InChI is InChI=1S/C17H13N5O4.C17H16N4O4.C15H17N3O5/c1-10(23)15(16(24)20-14-7-6-11(8-18)9-19-14)22-21-13-5-3-2-4-12(13)17(25)26;1-10-6-5-9-14(18-10)19-16(23)15(11(2)22)21-20-13-8-4-3-7-12(13)17(24)25;1-10(19)13(14(20)18-6-8-23-9-7-18)17-16-12-5-3-2-4-11(12)15(21)22/h2-7,9,23H,1H3,(H,25,26)(H,19,20,24);3-9,22H,1-2H3,(H,24,25)(H,18,19,23);2-5,19H,6-9H2,1H3,(H,21,22). The van der Waals surface area contributed by atoms with Crippen LogP contribution >= 0.6 is 0 Å². The molecule has 1 saturated heterocycles. The number of nitriles is 1. The molecule has 25 heteroatoms. The van der Waals surface area contributed by atoms with Crippen LogP contribution in [0.2, 0.25) is 0 Å². The van der Waals surface area contributed by atoms with E-state index in [0.29, 0.717) is 43.4 Å². The number of ether oxygens (including phenoxy) is 1. The van der Waals surface area contributed by atoms with E-state index >= 15 is 0 Å². The Morgan fingerprint density at radius 2 is 0.986 bits per heavy atom. The number of carbonyl (C=O) groups is 6. The molecule has 1 fully saturated rings. The normalized spacial score (nSPS) is 13.1. The fourth-order valence-corrected chi connectivity index (χ4v) is 5.78. The number of aromatic nitrogens is 2. The van der Waals surface area contributed by atoms with Crippen molar-refractivity contribution in [3.63, 3.8) is 0 Å². The smallest absolute Gasteiger partial charge is 0.337 e. The van der Waals surface area contributed by atoms with Gasteiger partial charge in [-0.25, -0.2) is 24.4 Å². The number of anilines is 2. The highest BCUT2D eigenvalue weighted by atomic mass is 16.5. The Bertz CT molecular complexity index is 3120. The minimum absolute atomic E-state index is 0.0306. The van der Waals surface area contributed by atoms with Crippen molar-refractivity contribution in [2.75, 3.05) is 36.9 Å². The van der Waals surface area contributed by atoms with Gasteiger partial charge in [0.25, 0.3) is 17.7 Å². The first kappa shape index (κ1) is 56.2. The number of hydrogen-bond acceptors (Lipinski definition) is 19. The number of pyridine rings is 2. The Balaban J connectivity index is 0.000000241. The first-order valence-electron chi connectivity index (χ1n) is 21.5. The van der Waals surface area contributed by atoms with Gasteiger partial charge >= 0.3 is 17.9 Å². The van der Waals surface area contributed by atoms with Crippen molar-refractivity contribution in [2.24, 2.45) is 30.7 Å². The number of rotatable bonds is 14. The Labute approximate surface area is 420 Å². The van der Waals surface area contributed by atoms with Crippen molar-refractivity contribution in [1.82, 2.24) is 14.9 Å². The average molecular weight is 1010 g/mol. The summed E-state index contributed by atoms with van der Waals surface area (Å²) in [5.41, 5.74) is 0.0641. The Morgan fingerprint density at radius 3 is 1.36 bits per heavy atom. The lowest BCUT2D eigenvalue weighted by Crippen LogP contribution is -2.41. The van der Waals surface area contributed by atoms with E-state index in [1.807, 2.05) is 6.07 Å². The van der Waals surface area contributed by atoms with E-state index in [2.05, 4.69) is 51.3 Å². The molecule has 3 heterocycles. The van der Waals surface area contributed by atoms with Gasteiger partial charge in [-0.1, -0.05) is 42.5 Å². The number of hydrogen-bond donors (Lipinski definition) is 8. The molecule has 0 saturated carbocycles. The van der Waals surface area contributed by atoms with Crippen molar-refractivity contribution in [3.05, 3.63) is 172 Å². The van der Waals surface area contributed by atoms with Crippen molar-refractivity contribution >= 4 is 64.3 Å². The molecule has 1 aliphatic rings. The molecule has 2 aromatic heterocycles. The van der Waals surface area contributed by atoms with E-state index < -0.39 is 47.1 Å². The Hall–Kier alpha value is -10.4. The van der Waals surface area contributed by atoms with Crippen LogP contribution in [0.3, 0.4) is 0 Å². The van der Waals surface area contributed by atoms with E-state index in [1.54, 1.807) is 55.5 Å². The molecule has 8 N–H and O–H groups in total. The highest BCUT2D eigenvalue weighted by molar-refractivity contribution is 6.04. The van der Waals surface area contributed by atoms with E-state index in [-0.39, 0.29) is 62.5 Å². The number of carboxylic acids is 3. The van der Waals surface area contributed by atoms with E-state index in [0.717, 1.165) is 0 Å². The number of aliphatic hydroxyl groups is 3. The predicted molar refractivity (Wildman–Crippen MR) is 262 cm³/mol. The molecule has 380 valence electrons. The zero-order chi connectivity index (χ0) is 54.3. The summed E-state index contributed by atoms with van der Waals surface area (Å²) in [5.74, 6) is -6.10. The lowest BCUT2D eigenvalue weighted by molar-refractivity contribution is -0.131. The molecular weight excluding hydrogens is 965 g/mol. The molecule has 0 atom stereocenters. The lowest BCUT2D eigenvalue weighted by Gasteiger charge is -2.26. The number of nitrogens with zero attached hydrogens (tertiary/aromatic N) is 10. The number of carbonyl (C=O) groups excluding carboxylic acids is 3. The SMILES string of the molecule is CC(O)=C(N=Nc1ccccc1C(=O)O)C(=O)N1CCOCC1.CC(O)=C(N=Nc1ccccc1C(=O)O)C(=O)Nc1ccc(C#N)cn1.CC(O)=C(N=Nc1ccccc1C(=O)O)C(=O)Nc1cccc(C)n1. The van der Waals surface area contributed by atoms with E-state index in [9.17, 15) is 44.1 Å². The molecule has 0 bridgehead atoms. The number of aryl methyl sites for hydroxylation is 1. The second kappa shape index (κ2) is 27.7. The van der Waals surface area contributed by atoms with Gasteiger partial charge in [-0.05, 0) is 88.4 Å². The zero-order valence-electron chi connectivity index (χ0n) is 39.7. The van der Waals surface area contributed by atoms with Crippen molar-refractivity contribution in [1.29, 1.82) is 5.26 Å². The second-order valence-corrected chi connectivity index (χ2v) is 14.9. The monoisotopic (exact) mass is 1010 g/mol. The van der Waals surface area contributed by atoms with Crippen LogP contribution in [-0.2, 0) is 19.1 Å². The topological polar surface area (TPSA) is 384 Å². The Morgan fingerprint density at radius 1 is 0.568 bits per heavy atom. The van der Waals surface area contributed by atoms with Gasteiger partial charge in [0.2, 0.25) is 0 Å². The summed E-state index contributed by atoms with van der Waals surface area (Å²) in [5, 5.41) is 92.5. The summed E-state index contributed by atoms with van der Waals surface area (Å²) in [7, 11) is 0. The highest BCUT2D eigenvalue weighted by Crippen LogP contribution is 2.24. The molecule has 0 unspecified atom stereocenters. The first-order valence-corrected chi connectivity index (χ1v) is 21.5. The number of morpholine rings is 1. The third-order valence-electron chi connectivity index (χ3n) is 9.40. The van der Waals surface area contributed by atoms with Crippen LogP contribution in [0.5, 0.6) is 0 Å². The molecule has 0 radical (unpaired) electrons. The van der Waals surface area contributed by atoms with Gasteiger partial charge in [0.1, 0.15) is 52.0 Å². The number of aromatic carboxylic acids is 3. The predicted octanol–water partition coefficient (Wildman–Crippen LogP) is 8.88. The van der Waals surface area contributed by atoms with Crippen LogP contribution in [0.25, 0.3) is 0 Å². The molecule has 74 heavy (non-hydrogen) atoms. The summed E-state index contributed by atoms with van der Waals surface area (Å²) in [6, 6.07) is 27.7. The van der Waals surface area contributed by atoms with Gasteiger partial charge in [-0.3, -0.25) is 14.4 Å². The van der Waals surface area contributed by atoms with Crippen LogP contribution in [0, 0.1) is 18.3 Å². The zero-order valence-corrected chi connectivity index (χ0v) is 39.7. The summed E-state index contributed by atoms with van der Waals surface area (Å²) in [4.78, 5) is 79.8. The maximum absolute atomic E-state index is 12.4. The number of aliphatic hydroxyl groups excluding tert-OH is 3. The highest BCUT2D eigenvalue weighted by Gasteiger charge is 2.23. The van der Waals surface area contributed by atoms with Crippen LogP contribution < -0.4 is 10.6 Å². The van der Waals surface area contributed by atoms with Gasteiger partial charge in [0.15, 0.2) is 17.1 Å². The maximum Gasteiger partial charge on any atom is 0.337 e. The number of amides is 3. The van der Waals surface area contributed by atoms with Gasteiger partial charge in [0.05, 0.1) is 35.5 Å².